The molecule has 122 valence electrons. The van der Waals surface area contributed by atoms with Crippen LogP contribution in [0.3, 0.4) is 0 Å². The lowest BCUT2D eigenvalue weighted by atomic mass is 9.84. The van der Waals surface area contributed by atoms with E-state index in [0.29, 0.717) is 28.8 Å². The SMILES string of the molecule is O=C1C[C@]2(CC[C@@H]3[C@@H](C(=O)Nc4nccs4)[C@H]32)Oc2ccccc21. The molecule has 1 aliphatic heterocycles. The summed E-state index contributed by atoms with van der Waals surface area (Å²) in [5.41, 5.74) is 0.164. The van der Waals surface area contributed by atoms with E-state index in [9.17, 15) is 9.59 Å². The second-order valence-electron chi connectivity index (χ2n) is 6.84. The quantitative estimate of drug-likeness (QED) is 0.912. The van der Waals surface area contributed by atoms with Crippen LogP contribution in [-0.2, 0) is 4.79 Å². The van der Waals surface area contributed by atoms with Gasteiger partial charge in [0.2, 0.25) is 5.91 Å². The number of benzene rings is 1. The summed E-state index contributed by atoms with van der Waals surface area (Å²) in [5.74, 6) is 1.19. The zero-order valence-corrected chi connectivity index (χ0v) is 13.7. The lowest BCUT2D eigenvalue weighted by Gasteiger charge is -2.37. The zero-order valence-electron chi connectivity index (χ0n) is 12.9. The van der Waals surface area contributed by atoms with Crippen LogP contribution >= 0.6 is 11.3 Å². The van der Waals surface area contributed by atoms with Crippen LogP contribution < -0.4 is 10.1 Å². The van der Waals surface area contributed by atoms with Gasteiger partial charge in [0.25, 0.3) is 0 Å². The number of hydrogen-bond acceptors (Lipinski definition) is 5. The number of Topliss-reactive ketones (excluding diaryl/α,β-unsaturated/α-hetero) is 1. The van der Waals surface area contributed by atoms with Crippen LogP contribution in [0.25, 0.3) is 0 Å². The fourth-order valence-corrected chi connectivity index (χ4v) is 5.12. The van der Waals surface area contributed by atoms with Crippen molar-refractivity contribution in [3.8, 4) is 5.75 Å². The highest BCUT2D eigenvalue weighted by Gasteiger charge is 2.70. The molecule has 24 heavy (non-hydrogen) atoms. The number of carbonyl (C=O) groups is 2. The third-order valence-electron chi connectivity index (χ3n) is 5.60. The van der Waals surface area contributed by atoms with E-state index in [0.717, 1.165) is 12.8 Å². The summed E-state index contributed by atoms with van der Waals surface area (Å²) in [5, 5.41) is 5.36. The van der Waals surface area contributed by atoms with E-state index in [1.807, 2.05) is 29.6 Å². The predicted molar refractivity (Wildman–Crippen MR) is 89.2 cm³/mol. The summed E-state index contributed by atoms with van der Waals surface area (Å²) in [6, 6.07) is 7.42. The molecule has 0 radical (unpaired) electrons. The summed E-state index contributed by atoms with van der Waals surface area (Å²) in [4.78, 5) is 29.2. The van der Waals surface area contributed by atoms with Crippen molar-refractivity contribution in [3.05, 3.63) is 41.4 Å². The van der Waals surface area contributed by atoms with Crippen LogP contribution in [-0.4, -0.2) is 22.3 Å². The Kier molecular flexibility index (Phi) is 2.89. The van der Waals surface area contributed by atoms with Gasteiger partial charge in [0.15, 0.2) is 10.9 Å². The van der Waals surface area contributed by atoms with Crippen molar-refractivity contribution in [2.24, 2.45) is 17.8 Å². The molecule has 2 saturated carbocycles. The molecule has 1 N–H and O–H groups in total. The summed E-state index contributed by atoms with van der Waals surface area (Å²) >= 11 is 1.41. The van der Waals surface area contributed by atoms with Crippen molar-refractivity contribution < 1.29 is 14.3 Å². The Hall–Kier alpha value is -2.21. The van der Waals surface area contributed by atoms with E-state index in [4.69, 9.17) is 4.74 Å². The largest absolute Gasteiger partial charge is 0.486 e. The van der Waals surface area contributed by atoms with Crippen LogP contribution in [0, 0.1) is 17.8 Å². The molecule has 4 atom stereocenters. The molecule has 1 aromatic carbocycles. The molecule has 6 heteroatoms. The lowest BCUT2D eigenvalue weighted by Crippen LogP contribution is -2.44. The van der Waals surface area contributed by atoms with Crippen molar-refractivity contribution in [2.75, 3.05) is 5.32 Å². The number of anilines is 1. The first-order valence-electron chi connectivity index (χ1n) is 8.20. The minimum atomic E-state index is -0.499. The molecule has 2 aromatic rings. The molecule has 2 fully saturated rings. The van der Waals surface area contributed by atoms with E-state index in [1.165, 1.54) is 11.3 Å². The normalized spacial score (nSPS) is 32.8. The Morgan fingerprint density at radius 2 is 2.25 bits per heavy atom. The van der Waals surface area contributed by atoms with Gasteiger partial charge in [-0.05, 0) is 30.9 Å². The Morgan fingerprint density at radius 1 is 1.38 bits per heavy atom. The molecular weight excluding hydrogens is 324 g/mol. The van der Waals surface area contributed by atoms with Gasteiger partial charge >= 0.3 is 0 Å². The van der Waals surface area contributed by atoms with Crippen LogP contribution in [0.15, 0.2) is 35.8 Å². The van der Waals surface area contributed by atoms with E-state index in [2.05, 4.69) is 10.3 Å². The van der Waals surface area contributed by atoms with Gasteiger partial charge in [0.05, 0.1) is 12.0 Å². The molecular formula is C18H16N2O3S. The van der Waals surface area contributed by atoms with Crippen molar-refractivity contribution in [1.29, 1.82) is 0 Å². The molecule has 0 saturated heterocycles. The number of thiazole rings is 1. The summed E-state index contributed by atoms with van der Waals surface area (Å²) in [7, 11) is 0. The van der Waals surface area contributed by atoms with Crippen molar-refractivity contribution in [3.63, 3.8) is 0 Å². The molecule has 0 bridgehead atoms. The Morgan fingerprint density at radius 3 is 3.08 bits per heavy atom. The molecule has 5 rings (SSSR count). The van der Waals surface area contributed by atoms with Gasteiger partial charge in [-0.3, -0.25) is 9.59 Å². The third-order valence-corrected chi connectivity index (χ3v) is 6.29. The zero-order chi connectivity index (χ0) is 16.3. The number of ether oxygens (including phenoxy) is 1. The summed E-state index contributed by atoms with van der Waals surface area (Å²) < 4.78 is 6.31. The maximum absolute atomic E-state index is 12.6. The number of fused-ring (bicyclic) bond motifs is 3. The maximum Gasteiger partial charge on any atom is 0.230 e. The molecule has 1 aromatic heterocycles. The predicted octanol–water partition coefficient (Wildman–Crippen LogP) is 3.14. The minimum absolute atomic E-state index is 0.00827. The second kappa shape index (κ2) is 4.89. The van der Waals surface area contributed by atoms with Crippen LogP contribution in [0.1, 0.15) is 29.6 Å². The molecule has 3 aliphatic rings. The summed E-state index contributed by atoms with van der Waals surface area (Å²) in [6.07, 6.45) is 3.85. The third kappa shape index (κ3) is 1.95. The fourth-order valence-electron chi connectivity index (χ4n) is 4.59. The van der Waals surface area contributed by atoms with E-state index in [-0.39, 0.29) is 23.5 Å². The van der Waals surface area contributed by atoms with Gasteiger partial charge in [-0.2, -0.15) is 0 Å². The molecule has 2 heterocycles. The first-order valence-corrected chi connectivity index (χ1v) is 9.07. The van der Waals surface area contributed by atoms with Crippen LogP contribution in [0.2, 0.25) is 0 Å². The molecule has 0 unspecified atom stereocenters. The minimum Gasteiger partial charge on any atom is -0.486 e. The fraction of sp³-hybridized carbons (Fsp3) is 0.389. The monoisotopic (exact) mass is 340 g/mol. The molecule has 1 spiro atoms. The summed E-state index contributed by atoms with van der Waals surface area (Å²) in [6.45, 7) is 0. The first kappa shape index (κ1) is 14.2. The number of hydrogen-bond donors (Lipinski definition) is 1. The highest BCUT2D eigenvalue weighted by atomic mass is 32.1. The number of rotatable bonds is 2. The van der Waals surface area contributed by atoms with Gasteiger partial charge in [-0.15, -0.1) is 11.3 Å². The average molecular weight is 340 g/mol. The highest BCUT2D eigenvalue weighted by molar-refractivity contribution is 7.13. The van der Waals surface area contributed by atoms with Gasteiger partial charge < -0.3 is 10.1 Å². The number of ketones is 1. The van der Waals surface area contributed by atoms with Crippen LogP contribution in [0.5, 0.6) is 5.75 Å². The Labute approximate surface area is 143 Å². The van der Waals surface area contributed by atoms with Crippen molar-refractivity contribution in [1.82, 2.24) is 4.98 Å². The number of carbonyl (C=O) groups excluding carboxylic acids is 2. The van der Waals surface area contributed by atoms with Crippen LogP contribution in [0.4, 0.5) is 5.13 Å². The van der Waals surface area contributed by atoms with Gasteiger partial charge in [-0.1, -0.05) is 12.1 Å². The first-order chi connectivity index (χ1) is 11.7. The molecule has 2 aliphatic carbocycles. The van der Waals surface area contributed by atoms with Gasteiger partial charge in [0, 0.05) is 23.4 Å². The number of nitrogens with zero attached hydrogens (tertiary/aromatic N) is 1. The maximum atomic E-state index is 12.6. The standard InChI is InChI=1S/C18H16N2O3S/c21-12-9-18(23-13-4-2-1-3-10(12)13)6-5-11-14(15(11)18)16(22)20-17-19-7-8-24-17/h1-4,7-8,11,14-15H,5-6,9H2,(H,19,20,22)/t11-,14-,15+,18+/m1/s1. The average Bonchev–Trinajstić information content (AvgIpc) is 2.91. The Balaban J connectivity index is 1.39. The van der Waals surface area contributed by atoms with E-state index in [1.54, 1.807) is 6.20 Å². The lowest BCUT2D eigenvalue weighted by molar-refractivity contribution is -0.119. The number of aromatic nitrogens is 1. The smallest absolute Gasteiger partial charge is 0.230 e. The van der Waals surface area contributed by atoms with E-state index < -0.39 is 5.60 Å². The number of nitrogens with one attached hydrogen (secondary N) is 1. The van der Waals surface area contributed by atoms with Crippen molar-refractivity contribution in [2.45, 2.75) is 24.9 Å². The molecule has 1 amide bonds. The van der Waals surface area contributed by atoms with E-state index >= 15 is 0 Å². The second-order valence-corrected chi connectivity index (χ2v) is 7.74. The molecule has 5 nitrogen and oxygen atoms in total. The topological polar surface area (TPSA) is 68.3 Å². The number of amides is 1. The Bertz CT molecular complexity index is 835. The van der Waals surface area contributed by atoms with Gasteiger partial charge in [0.1, 0.15) is 11.4 Å². The van der Waals surface area contributed by atoms with Gasteiger partial charge in [-0.25, -0.2) is 4.98 Å². The number of para-hydroxylation sites is 1. The van der Waals surface area contributed by atoms with Crippen molar-refractivity contribution >= 4 is 28.2 Å². The highest BCUT2D eigenvalue weighted by Crippen LogP contribution is 2.65.